The van der Waals surface area contributed by atoms with Gasteiger partial charge in [-0.25, -0.2) is 4.79 Å². The first-order valence-electron chi connectivity index (χ1n) is 5.78. The minimum Gasteiger partial charge on any atom is -0.480 e. The summed E-state index contributed by atoms with van der Waals surface area (Å²) < 4.78 is 1.00. The Morgan fingerprint density at radius 2 is 2.19 bits per heavy atom. The van der Waals surface area contributed by atoms with Crippen molar-refractivity contribution in [3.05, 3.63) is 22.4 Å². The fourth-order valence-electron chi connectivity index (χ4n) is 1.47. The van der Waals surface area contributed by atoms with Gasteiger partial charge in [0.25, 0.3) is 0 Å². The molecular weight excluding hydrogens is 286 g/mol. The summed E-state index contributed by atoms with van der Waals surface area (Å²) in [6, 6.07) is -0.162. The number of nitrogens with one attached hydrogen (secondary N) is 1. The van der Waals surface area contributed by atoms with E-state index in [1.165, 1.54) is 6.20 Å². The molecule has 0 aliphatic rings. The van der Waals surface area contributed by atoms with Crippen LogP contribution in [0.3, 0.4) is 0 Å². The Balaban J connectivity index is 2.58. The van der Waals surface area contributed by atoms with Crippen molar-refractivity contribution in [2.24, 2.45) is 5.73 Å². The van der Waals surface area contributed by atoms with Crippen molar-refractivity contribution in [1.29, 1.82) is 0 Å². The summed E-state index contributed by atoms with van der Waals surface area (Å²) in [4.78, 5) is 42.9. The standard InChI is InChI=1S/C10H13N5O6/c11-7(16)2-1-6(10(18)19)12-9(17)5-14-4-3-8(13-14)15(20)21/h3-4,6H,1-2,5H2,(H2,11,16)(H,12,17)(H,18,19). The van der Waals surface area contributed by atoms with Gasteiger partial charge >= 0.3 is 11.8 Å². The van der Waals surface area contributed by atoms with Crippen molar-refractivity contribution >= 4 is 23.6 Å². The number of carbonyl (C=O) groups is 3. The van der Waals surface area contributed by atoms with Gasteiger partial charge in [0.1, 0.15) is 12.6 Å². The van der Waals surface area contributed by atoms with Gasteiger partial charge in [-0.2, -0.15) is 4.68 Å². The van der Waals surface area contributed by atoms with Gasteiger partial charge < -0.3 is 26.3 Å². The van der Waals surface area contributed by atoms with E-state index >= 15 is 0 Å². The maximum absolute atomic E-state index is 11.6. The number of nitrogens with zero attached hydrogens (tertiary/aromatic N) is 3. The lowest BCUT2D eigenvalue weighted by Crippen LogP contribution is -2.42. The van der Waals surface area contributed by atoms with Gasteiger partial charge in [-0.1, -0.05) is 0 Å². The maximum Gasteiger partial charge on any atom is 0.389 e. The molecule has 0 aromatic carbocycles. The van der Waals surface area contributed by atoms with Crippen LogP contribution in [0.1, 0.15) is 12.8 Å². The predicted molar refractivity (Wildman–Crippen MR) is 66.9 cm³/mol. The third-order valence-electron chi connectivity index (χ3n) is 2.43. The van der Waals surface area contributed by atoms with Crippen LogP contribution in [-0.2, 0) is 20.9 Å². The Morgan fingerprint density at radius 3 is 2.67 bits per heavy atom. The van der Waals surface area contributed by atoms with E-state index in [1.807, 2.05) is 0 Å². The summed E-state index contributed by atoms with van der Waals surface area (Å²) in [5.74, 6) is -3.12. The maximum atomic E-state index is 11.6. The van der Waals surface area contributed by atoms with E-state index < -0.39 is 34.6 Å². The van der Waals surface area contributed by atoms with Gasteiger partial charge in [0.05, 0.1) is 17.4 Å². The second-order valence-electron chi connectivity index (χ2n) is 4.09. The number of rotatable bonds is 8. The van der Waals surface area contributed by atoms with Crippen LogP contribution in [0.5, 0.6) is 0 Å². The average molecular weight is 299 g/mol. The largest absolute Gasteiger partial charge is 0.480 e. The molecule has 11 heteroatoms. The number of carboxylic acid groups (broad SMARTS) is 1. The van der Waals surface area contributed by atoms with E-state index in [0.29, 0.717) is 0 Å². The van der Waals surface area contributed by atoms with Gasteiger partial charge in [-0.15, -0.1) is 0 Å². The molecule has 2 amide bonds. The number of carboxylic acids is 1. The molecule has 1 aromatic rings. The molecule has 0 aliphatic carbocycles. The average Bonchev–Trinajstić information content (AvgIpc) is 2.82. The molecule has 0 fully saturated rings. The fraction of sp³-hybridized carbons (Fsp3) is 0.400. The van der Waals surface area contributed by atoms with Gasteiger partial charge in [-0.3, -0.25) is 9.59 Å². The molecule has 0 aliphatic heterocycles. The molecule has 0 saturated heterocycles. The lowest BCUT2D eigenvalue weighted by atomic mass is 10.1. The molecule has 0 saturated carbocycles. The van der Waals surface area contributed by atoms with Crippen molar-refractivity contribution in [2.45, 2.75) is 25.4 Å². The van der Waals surface area contributed by atoms with E-state index in [9.17, 15) is 24.5 Å². The summed E-state index contributed by atoms with van der Waals surface area (Å²) in [5, 5.41) is 25.0. The number of amides is 2. The van der Waals surface area contributed by atoms with Crippen LogP contribution < -0.4 is 11.1 Å². The fourth-order valence-corrected chi connectivity index (χ4v) is 1.47. The van der Waals surface area contributed by atoms with Crippen LogP contribution in [0.25, 0.3) is 0 Å². The zero-order chi connectivity index (χ0) is 16.0. The summed E-state index contributed by atoms with van der Waals surface area (Å²) in [5.41, 5.74) is 4.90. The molecule has 1 heterocycles. The Kier molecular flexibility index (Phi) is 5.34. The van der Waals surface area contributed by atoms with E-state index in [1.54, 1.807) is 0 Å². The van der Waals surface area contributed by atoms with Gasteiger partial charge in [0, 0.05) is 6.42 Å². The van der Waals surface area contributed by atoms with Crippen molar-refractivity contribution in [3.8, 4) is 0 Å². The number of hydrogen-bond donors (Lipinski definition) is 3. The van der Waals surface area contributed by atoms with Crippen molar-refractivity contribution in [3.63, 3.8) is 0 Å². The van der Waals surface area contributed by atoms with Crippen molar-refractivity contribution in [1.82, 2.24) is 15.1 Å². The second-order valence-corrected chi connectivity index (χ2v) is 4.09. The SMILES string of the molecule is NC(=O)CCC(NC(=O)Cn1ccc([N+](=O)[O-])n1)C(=O)O. The zero-order valence-electron chi connectivity index (χ0n) is 10.8. The molecular formula is C10H13N5O6. The predicted octanol–water partition coefficient (Wildman–Crippen LogP) is -1.37. The van der Waals surface area contributed by atoms with Gasteiger partial charge in [-0.05, 0) is 11.3 Å². The molecule has 11 nitrogen and oxygen atoms in total. The minimum atomic E-state index is -1.31. The van der Waals surface area contributed by atoms with E-state index in [2.05, 4.69) is 10.4 Å². The van der Waals surface area contributed by atoms with Crippen molar-refractivity contribution in [2.75, 3.05) is 0 Å². The molecule has 1 unspecified atom stereocenters. The molecule has 4 N–H and O–H groups in total. The van der Waals surface area contributed by atoms with Crippen LogP contribution in [0.2, 0.25) is 0 Å². The Labute approximate surface area is 117 Å². The third kappa shape index (κ3) is 5.26. The molecule has 1 rings (SSSR count). The second kappa shape index (κ2) is 6.98. The van der Waals surface area contributed by atoms with Crippen LogP contribution in [-0.4, -0.2) is 43.6 Å². The van der Waals surface area contributed by atoms with E-state index in [-0.39, 0.29) is 19.4 Å². The molecule has 1 aromatic heterocycles. The van der Waals surface area contributed by atoms with E-state index in [4.69, 9.17) is 10.8 Å². The third-order valence-corrected chi connectivity index (χ3v) is 2.43. The monoisotopic (exact) mass is 299 g/mol. The van der Waals surface area contributed by atoms with E-state index in [0.717, 1.165) is 10.7 Å². The minimum absolute atomic E-state index is 0.143. The summed E-state index contributed by atoms with van der Waals surface area (Å²) >= 11 is 0. The molecule has 0 radical (unpaired) electrons. The number of nitrogens with two attached hydrogens (primary N) is 1. The first-order valence-corrected chi connectivity index (χ1v) is 5.78. The Hall–Kier alpha value is -2.98. The van der Waals surface area contributed by atoms with Gasteiger partial charge in [0.15, 0.2) is 0 Å². The summed E-state index contributed by atoms with van der Waals surface area (Å²) in [7, 11) is 0. The highest BCUT2D eigenvalue weighted by molar-refractivity contribution is 5.84. The lowest BCUT2D eigenvalue weighted by molar-refractivity contribution is -0.389. The molecule has 21 heavy (non-hydrogen) atoms. The Bertz CT molecular complexity index is 568. The highest BCUT2D eigenvalue weighted by atomic mass is 16.6. The van der Waals surface area contributed by atoms with Crippen LogP contribution in [0.15, 0.2) is 12.3 Å². The van der Waals surface area contributed by atoms with Crippen LogP contribution in [0.4, 0.5) is 5.82 Å². The number of primary amides is 1. The lowest BCUT2D eigenvalue weighted by Gasteiger charge is -2.12. The first-order chi connectivity index (χ1) is 9.79. The molecule has 0 bridgehead atoms. The van der Waals surface area contributed by atoms with Crippen LogP contribution in [0, 0.1) is 10.1 Å². The topological polar surface area (TPSA) is 170 Å². The van der Waals surface area contributed by atoms with Crippen LogP contribution >= 0.6 is 0 Å². The van der Waals surface area contributed by atoms with Crippen molar-refractivity contribution < 1.29 is 24.4 Å². The number of aromatic nitrogens is 2. The number of hydrogen-bond acceptors (Lipinski definition) is 6. The Morgan fingerprint density at radius 1 is 1.52 bits per heavy atom. The summed E-state index contributed by atoms with van der Waals surface area (Å²) in [6.07, 6.45) is 0.886. The summed E-state index contributed by atoms with van der Waals surface area (Å²) in [6.45, 7) is -0.381. The van der Waals surface area contributed by atoms with Gasteiger partial charge in [0.2, 0.25) is 11.8 Å². The normalized spacial score (nSPS) is 11.6. The molecule has 114 valence electrons. The number of carbonyl (C=O) groups excluding carboxylic acids is 2. The number of aliphatic carboxylic acids is 1. The first kappa shape index (κ1) is 16.1. The smallest absolute Gasteiger partial charge is 0.389 e. The number of nitro groups is 1. The molecule has 0 spiro atoms. The quantitative estimate of drug-likeness (QED) is 0.392. The highest BCUT2D eigenvalue weighted by Gasteiger charge is 2.21. The zero-order valence-corrected chi connectivity index (χ0v) is 10.8. The molecule has 1 atom stereocenters. The highest BCUT2D eigenvalue weighted by Crippen LogP contribution is 2.05.